The third-order valence-corrected chi connectivity index (χ3v) is 3.38. The summed E-state index contributed by atoms with van der Waals surface area (Å²) >= 11 is 0. The number of unbranched alkanes of at least 4 members (excludes halogenated alkanes) is 3. The van der Waals surface area contributed by atoms with Crippen molar-refractivity contribution in [2.24, 2.45) is 0 Å². The van der Waals surface area contributed by atoms with Crippen LogP contribution in [0.4, 0.5) is 0 Å². The van der Waals surface area contributed by atoms with Crippen molar-refractivity contribution < 1.29 is 28.5 Å². The molecule has 0 aliphatic carbocycles. The Morgan fingerprint density at radius 2 is 1.68 bits per heavy atom. The van der Waals surface area contributed by atoms with Crippen LogP contribution in [-0.4, -0.2) is 32.8 Å². The second kappa shape index (κ2) is 11.1. The summed E-state index contributed by atoms with van der Waals surface area (Å²) in [5.74, 6) is -0.0116. The fourth-order valence-electron chi connectivity index (χ4n) is 2.15. The van der Waals surface area contributed by atoms with Crippen molar-refractivity contribution in [3.8, 4) is 17.2 Å². The first-order valence-corrected chi connectivity index (χ1v) is 8.31. The van der Waals surface area contributed by atoms with Gasteiger partial charge in [0.1, 0.15) is 0 Å². The maximum atomic E-state index is 11.7. The zero-order chi connectivity index (χ0) is 18.7. The first-order chi connectivity index (χ1) is 12.0. The minimum Gasteiger partial charge on any atom is -0.493 e. The van der Waals surface area contributed by atoms with Crippen LogP contribution in [0.1, 0.15) is 45.1 Å². The van der Waals surface area contributed by atoms with Gasteiger partial charge in [-0.15, -0.1) is 0 Å². The smallest absolute Gasteiger partial charge is 0.330 e. The van der Waals surface area contributed by atoms with Gasteiger partial charge in [-0.1, -0.05) is 26.2 Å². The van der Waals surface area contributed by atoms with Gasteiger partial charge in [-0.25, -0.2) is 4.79 Å². The number of rotatable bonds is 10. The van der Waals surface area contributed by atoms with Crippen LogP contribution in [0.15, 0.2) is 18.2 Å². The standard InChI is InChI=1S/C19H26O6/c1-5-6-7-8-11-24-18(21)10-9-15-12-16(22-3)19(25-14(2)20)17(13-15)23-4/h9-10,12-13H,5-8,11H2,1-4H3/b10-9+. The molecule has 0 bridgehead atoms. The lowest BCUT2D eigenvalue weighted by atomic mass is 10.1. The number of hydrogen-bond acceptors (Lipinski definition) is 6. The highest BCUT2D eigenvalue weighted by molar-refractivity contribution is 5.87. The SMILES string of the molecule is CCCCCCOC(=O)/C=C/c1cc(OC)c(OC(C)=O)c(OC)c1. The fourth-order valence-corrected chi connectivity index (χ4v) is 2.15. The average molecular weight is 350 g/mol. The minimum atomic E-state index is -0.480. The molecule has 0 N–H and O–H groups in total. The maximum Gasteiger partial charge on any atom is 0.330 e. The van der Waals surface area contributed by atoms with Gasteiger partial charge in [0.15, 0.2) is 11.5 Å². The van der Waals surface area contributed by atoms with Crippen LogP contribution >= 0.6 is 0 Å². The Hall–Kier alpha value is -2.50. The van der Waals surface area contributed by atoms with Gasteiger partial charge in [0.25, 0.3) is 0 Å². The molecule has 0 unspecified atom stereocenters. The molecule has 6 nitrogen and oxygen atoms in total. The van der Waals surface area contributed by atoms with E-state index in [1.165, 1.54) is 27.2 Å². The van der Waals surface area contributed by atoms with Crippen molar-refractivity contribution in [2.75, 3.05) is 20.8 Å². The third-order valence-electron chi connectivity index (χ3n) is 3.38. The topological polar surface area (TPSA) is 71.1 Å². The second-order valence-electron chi connectivity index (χ2n) is 5.41. The highest BCUT2D eigenvalue weighted by atomic mass is 16.6. The van der Waals surface area contributed by atoms with Crippen molar-refractivity contribution >= 4 is 18.0 Å². The van der Waals surface area contributed by atoms with Crippen LogP contribution in [0, 0.1) is 0 Å². The molecule has 6 heteroatoms. The highest BCUT2D eigenvalue weighted by Gasteiger charge is 2.15. The van der Waals surface area contributed by atoms with Gasteiger partial charge >= 0.3 is 11.9 Å². The average Bonchev–Trinajstić information content (AvgIpc) is 2.59. The quantitative estimate of drug-likeness (QED) is 0.277. The zero-order valence-electron chi connectivity index (χ0n) is 15.3. The van der Waals surface area contributed by atoms with Crippen LogP contribution in [0.3, 0.4) is 0 Å². The van der Waals surface area contributed by atoms with E-state index in [-0.39, 0.29) is 5.75 Å². The van der Waals surface area contributed by atoms with E-state index in [1.807, 2.05) is 0 Å². The normalized spacial score (nSPS) is 10.6. The van der Waals surface area contributed by atoms with Crippen molar-refractivity contribution in [3.05, 3.63) is 23.8 Å². The molecule has 0 aliphatic heterocycles. The molecule has 0 radical (unpaired) electrons. The molecule has 0 heterocycles. The lowest BCUT2D eigenvalue weighted by Gasteiger charge is -2.13. The monoisotopic (exact) mass is 350 g/mol. The molecule has 0 aromatic heterocycles. The van der Waals surface area contributed by atoms with Gasteiger partial charge in [-0.2, -0.15) is 0 Å². The zero-order valence-corrected chi connectivity index (χ0v) is 15.3. The molecule has 138 valence electrons. The molecule has 1 aromatic carbocycles. The Morgan fingerprint density at radius 3 is 2.20 bits per heavy atom. The minimum absolute atomic E-state index is 0.202. The summed E-state index contributed by atoms with van der Waals surface area (Å²) in [5, 5.41) is 0. The molecule has 0 aliphatic rings. The van der Waals surface area contributed by atoms with E-state index in [0.29, 0.717) is 23.7 Å². The summed E-state index contributed by atoms with van der Waals surface area (Å²) in [6.07, 6.45) is 7.14. The Kier molecular flexibility index (Phi) is 9.14. The molecule has 25 heavy (non-hydrogen) atoms. The summed E-state index contributed by atoms with van der Waals surface area (Å²) in [6, 6.07) is 3.29. The van der Waals surface area contributed by atoms with Crippen LogP contribution in [0.25, 0.3) is 6.08 Å². The van der Waals surface area contributed by atoms with Crippen molar-refractivity contribution in [1.82, 2.24) is 0 Å². The van der Waals surface area contributed by atoms with E-state index in [9.17, 15) is 9.59 Å². The summed E-state index contributed by atoms with van der Waals surface area (Å²) in [4.78, 5) is 22.9. The van der Waals surface area contributed by atoms with E-state index >= 15 is 0 Å². The number of methoxy groups -OCH3 is 2. The van der Waals surface area contributed by atoms with Crippen LogP contribution < -0.4 is 14.2 Å². The predicted molar refractivity (Wildman–Crippen MR) is 95.0 cm³/mol. The number of hydrogen-bond donors (Lipinski definition) is 0. The van der Waals surface area contributed by atoms with Crippen LogP contribution in [-0.2, 0) is 14.3 Å². The summed E-state index contributed by atoms with van der Waals surface area (Å²) < 4.78 is 20.7. The molecule has 0 spiro atoms. The molecular weight excluding hydrogens is 324 g/mol. The Bertz CT molecular complexity index is 581. The molecule has 0 amide bonds. The van der Waals surface area contributed by atoms with E-state index in [1.54, 1.807) is 18.2 Å². The van der Waals surface area contributed by atoms with Crippen LogP contribution in [0.2, 0.25) is 0 Å². The van der Waals surface area contributed by atoms with Gasteiger partial charge in [0.05, 0.1) is 20.8 Å². The van der Waals surface area contributed by atoms with Crippen molar-refractivity contribution in [3.63, 3.8) is 0 Å². The summed E-state index contributed by atoms with van der Waals surface area (Å²) in [6.45, 7) is 3.84. The lowest BCUT2D eigenvalue weighted by molar-refractivity contribution is -0.137. The number of carbonyl (C=O) groups is 2. The summed E-state index contributed by atoms with van der Waals surface area (Å²) in [5.41, 5.74) is 0.660. The molecule has 1 rings (SSSR count). The van der Waals surface area contributed by atoms with Gasteiger partial charge < -0.3 is 18.9 Å². The van der Waals surface area contributed by atoms with E-state index < -0.39 is 11.9 Å². The van der Waals surface area contributed by atoms with Gasteiger partial charge in [-0.3, -0.25) is 4.79 Å². The van der Waals surface area contributed by atoms with Gasteiger partial charge in [0.2, 0.25) is 5.75 Å². The number of esters is 2. The van der Waals surface area contributed by atoms with Crippen LogP contribution in [0.5, 0.6) is 17.2 Å². The molecule has 0 saturated carbocycles. The largest absolute Gasteiger partial charge is 0.493 e. The van der Waals surface area contributed by atoms with E-state index in [2.05, 4.69) is 6.92 Å². The van der Waals surface area contributed by atoms with E-state index in [0.717, 1.165) is 25.7 Å². The predicted octanol–water partition coefficient (Wildman–Crippen LogP) is 3.77. The Balaban J connectivity index is 2.77. The highest BCUT2D eigenvalue weighted by Crippen LogP contribution is 2.39. The number of carbonyl (C=O) groups excluding carboxylic acids is 2. The number of benzene rings is 1. The number of ether oxygens (including phenoxy) is 4. The lowest BCUT2D eigenvalue weighted by Crippen LogP contribution is -2.05. The van der Waals surface area contributed by atoms with Crippen molar-refractivity contribution in [2.45, 2.75) is 39.5 Å². The molecular formula is C19H26O6. The Labute approximate surface area is 148 Å². The van der Waals surface area contributed by atoms with Gasteiger partial charge in [0, 0.05) is 13.0 Å². The van der Waals surface area contributed by atoms with Crippen molar-refractivity contribution in [1.29, 1.82) is 0 Å². The maximum absolute atomic E-state index is 11.7. The first-order valence-electron chi connectivity index (χ1n) is 8.31. The Morgan fingerprint density at radius 1 is 1.04 bits per heavy atom. The third kappa shape index (κ3) is 7.28. The fraction of sp³-hybridized carbons (Fsp3) is 0.474. The molecule has 1 aromatic rings. The van der Waals surface area contributed by atoms with Gasteiger partial charge in [-0.05, 0) is 30.2 Å². The molecule has 0 fully saturated rings. The first kappa shape index (κ1) is 20.5. The molecule has 0 atom stereocenters. The molecule has 0 saturated heterocycles. The van der Waals surface area contributed by atoms with E-state index in [4.69, 9.17) is 18.9 Å². The summed E-state index contributed by atoms with van der Waals surface area (Å²) in [7, 11) is 2.92. The second-order valence-corrected chi connectivity index (χ2v) is 5.41.